The van der Waals surface area contributed by atoms with Gasteiger partial charge in [0, 0.05) is 39.9 Å². The SMILES string of the molecule is c1ccc(-n2c3ccccc3c3ccc(Oc4cccc(-n5c6ccccc6c6ccccc65)n4)cc32)nc1. The predicted molar refractivity (Wildman–Crippen MR) is 157 cm³/mol. The molecule has 184 valence electrons. The van der Waals surface area contributed by atoms with Crippen molar-refractivity contribution in [3.8, 4) is 23.3 Å². The highest BCUT2D eigenvalue weighted by molar-refractivity contribution is 6.10. The smallest absolute Gasteiger partial charge is 0.221 e. The van der Waals surface area contributed by atoms with Crippen LogP contribution in [0.25, 0.3) is 55.2 Å². The first-order chi connectivity index (χ1) is 19.3. The first kappa shape index (κ1) is 21.6. The van der Waals surface area contributed by atoms with Crippen LogP contribution in [0.3, 0.4) is 0 Å². The molecule has 39 heavy (non-hydrogen) atoms. The molecule has 0 saturated heterocycles. The maximum atomic E-state index is 6.38. The van der Waals surface area contributed by atoms with Gasteiger partial charge in [-0.2, -0.15) is 4.98 Å². The molecule has 0 N–H and O–H groups in total. The van der Waals surface area contributed by atoms with Crippen molar-refractivity contribution in [2.45, 2.75) is 0 Å². The van der Waals surface area contributed by atoms with Crippen LogP contribution >= 0.6 is 0 Å². The number of fused-ring (bicyclic) bond motifs is 6. The molecule has 0 aliphatic heterocycles. The minimum absolute atomic E-state index is 0.536. The highest BCUT2D eigenvalue weighted by Crippen LogP contribution is 2.35. The molecule has 0 bridgehead atoms. The Balaban J connectivity index is 1.25. The number of hydrogen-bond acceptors (Lipinski definition) is 3. The van der Waals surface area contributed by atoms with Gasteiger partial charge in [-0.15, -0.1) is 0 Å². The predicted octanol–water partition coefficient (Wildman–Crippen LogP) is 8.46. The second kappa shape index (κ2) is 8.57. The molecule has 5 heteroatoms. The number of benzene rings is 4. The van der Waals surface area contributed by atoms with Crippen LogP contribution in [0.4, 0.5) is 0 Å². The Morgan fingerprint density at radius 3 is 1.67 bits per heavy atom. The molecule has 0 fully saturated rings. The molecule has 0 saturated carbocycles. The van der Waals surface area contributed by atoms with E-state index in [-0.39, 0.29) is 0 Å². The van der Waals surface area contributed by atoms with Gasteiger partial charge in [0.25, 0.3) is 0 Å². The number of hydrogen-bond donors (Lipinski definition) is 0. The summed E-state index contributed by atoms with van der Waals surface area (Å²) in [6.45, 7) is 0. The number of aromatic nitrogens is 4. The molecule has 5 nitrogen and oxygen atoms in total. The van der Waals surface area contributed by atoms with E-state index in [1.54, 1.807) is 0 Å². The number of nitrogens with zero attached hydrogens (tertiary/aromatic N) is 4. The highest BCUT2D eigenvalue weighted by Gasteiger charge is 2.15. The van der Waals surface area contributed by atoms with E-state index in [0.717, 1.165) is 39.1 Å². The van der Waals surface area contributed by atoms with E-state index in [4.69, 9.17) is 9.72 Å². The van der Waals surface area contributed by atoms with Crippen LogP contribution in [-0.4, -0.2) is 19.1 Å². The summed E-state index contributed by atoms with van der Waals surface area (Å²) in [5.74, 6) is 2.93. The topological polar surface area (TPSA) is 44.9 Å². The van der Waals surface area contributed by atoms with Crippen molar-refractivity contribution in [3.63, 3.8) is 0 Å². The summed E-state index contributed by atoms with van der Waals surface area (Å²) in [6.07, 6.45) is 1.82. The summed E-state index contributed by atoms with van der Waals surface area (Å²) in [4.78, 5) is 9.57. The number of rotatable bonds is 4. The van der Waals surface area contributed by atoms with Crippen molar-refractivity contribution < 1.29 is 4.74 Å². The minimum atomic E-state index is 0.536. The lowest BCUT2D eigenvalue weighted by Gasteiger charge is -2.11. The molecular weight excluding hydrogens is 480 g/mol. The third-order valence-corrected chi connectivity index (χ3v) is 7.26. The highest BCUT2D eigenvalue weighted by atomic mass is 16.5. The fourth-order valence-corrected chi connectivity index (χ4v) is 5.62. The summed E-state index contributed by atoms with van der Waals surface area (Å²) >= 11 is 0. The molecule has 0 radical (unpaired) electrons. The van der Waals surface area contributed by atoms with Crippen molar-refractivity contribution in [3.05, 3.63) is 134 Å². The lowest BCUT2D eigenvalue weighted by molar-refractivity contribution is 0.463. The zero-order chi connectivity index (χ0) is 25.8. The molecule has 8 aromatic rings. The van der Waals surface area contributed by atoms with Crippen LogP contribution in [0.1, 0.15) is 0 Å². The lowest BCUT2D eigenvalue weighted by Crippen LogP contribution is -1.99. The van der Waals surface area contributed by atoms with Crippen LogP contribution in [0, 0.1) is 0 Å². The maximum Gasteiger partial charge on any atom is 0.221 e. The van der Waals surface area contributed by atoms with Gasteiger partial charge < -0.3 is 4.74 Å². The molecule has 4 aromatic heterocycles. The van der Waals surface area contributed by atoms with Gasteiger partial charge in [-0.25, -0.2) is 4.98 Å². The molecule has 0 unspecified atom stereocenters. The van der Waals surface area contributed by atoms with Crippen molar-refractivity contribution in [2.75, 3.05) is 0 Å². The average Bonchev–Trinajstić information content (AvgIpc) is 3.50. The van der Waals surface area contributed by atoms with Crippen LogP contribution in [0.5, 0.6) is 11.6 Å². The van der Waals surface area contributed by atoms with Crippen LogP contribution in [-0.2, 0) is 0 Å². The van der Waals surface area contributed by atoms with Crippen molar-refractivity contribution >= 4 is 43.6 Å². The maximum absolute atomic E-state index is 6.38. The summed E-state index contributed by atoms with van der Waals surface area (Å²) in [5.41, 5.74) is 4.37. The first-order valence-electron chi connectivity index (χ1n) is 12.9. The molecule has 0 atom stereocenters. The fourth-order valence-electron chi connectivity index (χ4n) is 5.62. The zero-order valence-corrected chi connectivity index (χ0v) is 20.9. The van der Waals surface area contributed by atoms with E-state index in [9.17, 15) is 0 Å². The quantitative estimate of drug-likeness (QED) is 0.242. The van der Waals surface area contributed by atoms with E-state index in [1.807, 2.05) is 48.7 Å². The van der Waals surface area contributed by atoms with Gasteiger partial charge in [0.1, 0.15) is 17.4 Å². The normalized spacial score (nSPS) is 11.6. The average molecular weight is 503 g/mol. The zero-order valence-electron chi connectivity index (χ0n) is 20.9. The minimum Gasteiger partial charge on any atom is -0.439 e. The summed E-state index contributed by atoms with van der Waals surface area (Å²) < 4.78 is 10.8. The Morgan fingerprint density at radius 2 is 1.03 bits per heavy atom. The van der Waals surface area contributed by atoms with Crippen LogP contribution < -0.4 is 4.74 Å². The van der Waals surface area contributed by atoms with Crippen molar-refractivity contribution in [1.82, 2.24) is 19.1 Å². The monoisotopic (exact) mass is 502 g/mol. The Hall–Kier alpha value is -5.42. The molecule has 0 aliphatic rings. The third kappa shape index (κ3) is 3.41. The summed E-state index contributed by atoms with van der Waals surface area (Å²) in [7, 11) is 0. The molecule has 0 spiro atoms. The number of para-hydroxylation sites is 3. The van der Waals surface area contributed by atoms with Crippen molar-refractivity contribution in [2.24, 2.45) is 0 Å². The van der Waals surface area contributed by atoms with Gasteiger partial charge in [0.2, 0.25) is 5.88 Å². The fraction of sp³-hybridized carbons (Fsp3) is 0. The molecule has 4 aromatic carbocycles. The van der Waals surface area contributed by atoms with E-state index in [1.165, 1.54) is 16.2 Å². The van der Waals surface area contributed by atoms with Gasteiger partial charge >= 0.3 is 0 Å². The van der Waals surface area contributed by atoms with E-state index in [0.29, 0.717) is 11.6 Å². The molecule has 0 aliphatic carbocycles. The second-order valence-electron chi connectivity index (χ2n) is 9.53. The number of pyridine rings is 2. The Kier molecular flexibility index (Phi) is 4.76. The molecule has 0 amide bonds. The van der Waals surface area contributed by atoms with Gasteiger partial charge in [0.05, 0.1) is 22.1 Å². The van der Waals surface area contributed by atoms with Crippen LogP contribution in [0.15, 0.2) is 134 Å². The van der Waals surface area contributed by atoms with Gasteiger partial charge in [-0.05, 0) is 48.5 Å². The van der Waals surface area contributed by atoms with E-state index in [2.05, 4.69) is 99.0 Å². The number of ether oxygens (including phenoxy) is 1. The van der Waals surface area contributed by atoms with E-state index < -0.39 is 0 Å². The second-order valence-corrected chi connectivity index (χ2v) is 9.53. The molecule has 8 rings (SSSR count). The summed E-state index contributed by atoms with van der Waals surface area (Å²) in [5, 5.41) is 4.73. The summed E-state index contributed by atoms with van der Waals surface area (Å²) in [6, 6.07) is 43.3. The van der Waals surface area contributed by atoms with Gasteiger partial charge in [-0.3, -0.25) is 9.13 Å². The van der Waals surface area contributed by atoms with E-state index >= 15 is 0 Å². The van der Waals surface area contributed by atoms with Crippen LogP contribution in [0.2, 0.25) is 0 Å². The molecule has 4 heterocycles. The Bertz CT molecular complexity index is 2100. The largest absolute Gasteiger partial charge is 0.439 e. The first-order valence-corrected chi connectivity index (χ1v) is 12.9. The van der Waals surface area contributed by atoms with Crippen molar-refractivity contribution in [1.29, 1.82) is 0 Å². The molecular formula is C34H22N4O. The van der Waals surface area contributed by atoms with Gasteiger partial charge in [-0.1, -0.05) is 66.7 Å². The Morgan fingerprint density at radius 1 is 0.462 bits per heavy atom. The standard InChI is InChI=1S/C34H22N4O/c1-4-13-28-24(10-1)25-11-2-5-14-29(25)37(28)33-17-9-18-34(36-33)39-23-19-20-27-26-12-3-6-15-30(26)38(31(27)22-23)32-16-7-8-21-35-32/h1-22H. The lowest BCUT2D eigenvalue weighted by atomic mass is 10.1. The third-order valence-electron chi connectivity index (χ3n) is 7.26. The van der Waals surface area contributed by atoms with Gasteiger partial charge in [0.15, 0.2) is 0 Å². The Labute approximate surface area is 224 Å².